The summed E-state index contributed by atoms with van der Waals surface area (Å²) in [6.07, 6.45) is 5.05. The Morgan fingerprint density at radius 1 is 1.24 bits per heavy atom. The lowest BCUT2D eigenvalue weighted by atomic mass is 10.1. The Morgan fingerprint density at radius 3 is 2.84 bits per heavy atom. The van der Waals surface area contributed by atoms with Gasteiger partial charge in [-0.3, -0.25) is 5.32 Å². The third-order valence-electron chi connectivity index (χ3n) is 6.84. The number of ether oxygens (including phenoxy) is 2. The van der Waals surface area contributed by atoms with Crippen LogP contribution >= 0.6 is 11.3 Å². The van der Waals surface area contributed by atoms with Crippen molar-refractivity contribution in [2.75, 3.05) is 30.0 Å². The van der Waals surface area contributed by atoms with Crippen LogP contribution in [-0.4, -0.2) is 46.5 Å². The van der Waals surface area contributed by atoms with Crippen molar-refractivity contribution in [3.05, 3.63) is 83.0 Å². The highest BCUT2D eigenvalue weighted by Crippen LogP contribution is 2.38. The van der Waals surface area contributed by atoms with E-state index in [4.69, 9.17) is 14.5 Å². The van der Waals surface area contributed by atoms with E-state index in [1.165, 1.54) is 12.3 Å². The molecule has 1 amide bonds. The van der Waals surface area contributed by atoms with E-state index in [1.54, 1.807) is 11.3 Å². The summed E-state index contributed by atoms with van der Waals surface area (Å²) in [5, 5.41) is 5.87. The average Bonchev–Trinajstić information content (AvgIpc) is 3.62. The monoisotopic (exact) mass is 533 g/mol. The summed E-state index contributed by atoms with van der Waals surface area (Å²) in [6.45, 7) is 4.46. The number of carbonyl (C=O) groups is 1. The van der Waals surface area contributed by atoms with Crippen molar-refractivity contribution >= 4 is 28.8 Å². The highest BCUT2D eigenvalue weighted by atomic mass is 32.1. The first-order chi connectivity index (χ1) is 18.5. The molecule has 1 atom stereocenters. The van der Waals surface area contributed by atoms with E-state index in [1.807, 2.05) is 30.3 Å². The number of halogens is 1. The van der Waals surface area contributed by atoms with Crippen LogP contribution in [-0.2, 0) is 16.0 Å². The lowest BCUT2D eigenvalue weighted by molar-refractivity contribution is -0.0951. The van der Waals surface area contributed by atoms with Crippen LogP contribution in [0.1, 0.15) is 35.7 Å². The van der Waals surface area contributed by atoms with Crippen molar-refractivity contribution in [2.45, 2.75) is 38.5 Å². The molecular weight excluding hydrogens is 505 g/mol. The maximum atomic E-state index is 13.6. The molecule has 1 aromatic carbocycles. The number of nitrogens with one attached hydrogen (secondary N) is 1. The molecule has 6 rings (SSSR count). The van der Waals surface area contributed by atoms with Crippen molar-refractivity contribution in [2.24, 2.45) is 0 Å². The first-order valence-corrected chi connectivity index (χ1v) is 13.5. The number of hydrogen-bond donors (Lipinski definition) is 1. The number of nitrogens with zero attached hydrogens (tertiary/aromatic N) is 4. The van der Waals surface area contributed by atoms with Crippen molar-refractivity contribution < 1.29 is 18.7 Å². The van der Waals surface area contributed by atoms with Gasteiger partial charge in [-0.05, 0) is 73.4 Å². The van der Waals surface area contributed by atoms with Gasteiger partial charge in [-0.15, -0.1) is 11.3 Å². The van der Waals surface area contributed by atoms with Crippen molar-refractivity contribution in [3.8, 4) is 10.7 Å². The van der Waals surface area contributed by atoms with Crippen molar-refractivity contribution in [3.63, 3.8) is 0 Å². The number of pyridine rings is 1. The van der Waals surface area contributed by atoms with E-state index >= 15 is 0 Å². The number of rotatable bonds is 7. The molecule has 2 fully saturated rings. The zero-order valence-electron chi connectivity index (χ0n) is 21.0. The minimum absolute atomic E-state index is 0.159. The van der Waals surface area contributed by atoms with E-state index < -0.39 is 12.0 Å². The van der Waals surface area contributed by atoms with Crippen LogP contribution in [0.4, 0.5) is 20.6 Å². The molecule has 3 aromatic heterocycles. The Labute approximate surface area is 224 Å². The molecule has 0 radical (unpaired) electrons. The Kier molecular flexibility index (Phi) is 6.82. The van der Waals surface area contributed by atoms with Gasteiger partial charge in [-0.1, -0.05) is 0 Å². The number of hydrogen-bond acceptors (Lipinski definition) is 7. The number of anilines is 2. The number of aromatic nitrogens is 3. The summed E-state index contributed by atoms with van der Waals surface area (Å²) >= 11 is 1.63. The van der Waals surface area contributed by atoms with Gasteiger partial charge in [-0.2, -0.15) is 4.39 Å². The van der Waals surface area contributed by atoms with E-state index in [0.29, 0.717) is 25.4 Å². The Bertz CT molecular complexity index is 1430. The fourth-order valence-electron chi connectivity index (χ4n) is 4.96. The first kappa shape index (κ1) is 24.6. The van der Waals surface area contributed by atoms with Gasteiger partial charge in [-0.25, -0.2) is 14.8 Å². The topological polar surface area (TPSA) is 81.5 Å². The molecule has 0 bridgehead atoms. The lowest BCUT2D eigenvalue weighted by Crippen LogP contribution is -2.38. The van der Waals surface area contributed by atoms with E-state index in [9.17, 15) is 9.18 Å². The SMILES string of the molecule is Cc1cc(-c2nc(C3CCCN3c3ccc(NC(=O)OC4COC4)cc3)cs2)n(Cc2ccnc(F)c2)c1. The summed E-state index contributed by atoms with van der Waals surface area (Å²) in [6, 6.07) is 13.4. The Hall–Kier alpha value is -3.76. The summed E-state index contributed by atoms with van der Waals surface area (Å²) in [5.41, 5.74) is 5.85. The second-order valence-electron chi connectivity index (χ2n) is 9.68. The largest absolute Gasteiger partial charge is 0.441 e. The van der Waals surface area contributed by atoms with Gasteiger partial charge < -0.3 is 18.9 Å². The molecule has 1 N–H and O–H groups in total. The summed E-state index contributed by atoms with van der Waals surface area (Å²) in [4.78, 5) is 23.1. The molecule has 8 nitrogen and oxygen atoms in total. The van der Waals surface area contributed by atoms with Crippen LogP contribution in [0.15, 0.2) is 60.2 Å². The quantitative estimate of drug-likeness (QED) is 0.303. The number of carbonyl (C=O) groups excluding carboxylic acids is 1. The van der Waals surface area contributed by atoms with Crippen LogP contribution < -0.4 is 10.2 Å². The van der Waals surface area contributed by atoms with Gasteiger partial charge in [0.2, 0.25) is 5.95 Å². The minimum Gasteiger partial charge on any atom is -0.441 e. The molecule has 2 aliphatic heterocycles. The second kappa shape index (κ2) is 10.5. The van der Waals surface area contributed by atoms with Gasteiger partial charge in [0.15, 0.2) is 6.10 Å². The number of amides is 1. The van der Waals surface area contributed by atoms with Gasteiger partial charge in [0.25, 0.3) is 0 Å². The predicted octanol–water partition coefficient (Wildman–Crippen LogP) is 5.79. The molecule has 2 aliphatic rings. The van der Waals surface area contributed by atoms with E-state index in [0.717, 1.165) is 52.6 Å². The molecular formula is C28H28FN5O3S. The molecule has 38 heavy (non-hydrogen) atoms. The molecule has 0 saturated carbocycles. The van der Waals surface area contributed by atoms with E-state index in [2.05, 4.69) is 44.3 Å². The van der Waals surface area contributed by atoms with Gasteiger partial charge in [0.1, 0.15) is 5.01 Å². The van der Waals surface area contributed by atoms with E-state index in [-0.39, 0.29) is 12.1 Å². The number of benzene rings is 1. The molecule has 196 valence electrons. The minimum atomic E-state index is -0.474. The van der Waals surface area contributed by atoms with Crippen LogP contribution in [0.2, 0.25) is 0 Å². The second-order valence-corrected chi connectivity index (χ2v) is 10.5. The summed E-state index contributed by atoms with van der Waals surface area (Å²) in [7, 11) is 0. The Balaban J connectivity index is 1.16. The maximum Gasteiger partial charge on any atom is 0.412 e. The third-order valence-corrected chi connectivity index (χ3v) is 7.72. The molecule has 10 heteroatoms. The molecule has 2 saturated heterocycles. The number of aryl methyl sites for hydroxylation is 1. The van der Waals surface area contributed by atoms with Gasteiger partial charge in [0.05, 0.1) is 30.6 Å². The lowest BCUT2D eigenvalue weighted by Gasteiger charge is -2.26. The van der Waals surface area contributed by atoms with Crippen LogP contribution in [0.25, 0.3) is 10.7 Å². The standard InChI is InChI=1S/C28H28FN5O3S/c1-18-11-25(33(13-18)14-19-8-9-30-26(29)12-19)27-32-23(17-38-27)24-3-2-10-34(24)21-6-4-20(5-7-21)31-28(35)37-22-15-36-16-22/h4-9,11-13,17,22,24H,2-3,10,14-16H2,1H3,(H,31,35). The van der Waals surface area contributed by atoms with Crippen LogP contribution in [0, 0.1) is 12.9 Å². The van der Waals surface area contributed by atoms with Gasteiger partial charge in [0, 0.05) is 42.2 Å². The first-order valence-electron chi connectivity index (χ1n) is 12.7. The Morgan fingerprint density at radius 2 is 2.08 bits per heavy atom. The normalized spacial score (nSPS) is 17.4. The molecule has 1 unspecified atom stereocenters. The van der Waals surface area contributed by atoms with Gasteiger partial charge >= 0.3 is 6.09 Å². The molecule has 0 spiro atoms. The smallest absolute Gasteiger partial charge is 0.412 e. The van der Waals surface area contributed by atoms with Crippen LogP contribution in [0.3, 0.4) is 0 Å². The third kappa shape index (κ3) is 5.27. The highest BCUT2D eigenvalue weighted by Gasteiger charge is 2.29. The highest BCUT2D eigenvalue weighted by molar-refractivity contribution is 7.13. The summed E-state index contributed by atoms with van der Waals surface area (Å²) in [5.74, 6) is -0.474. The molecule has 4 aromatic rings. The number of thiazole rings is 1. The zero-order valence-corrected chi connectivity index (χ0v) is 21.8. The predicted molar refractivity (Wildman–Crippen MR) is 144 cm³/mol. The van der Waals surface area contributed by atoms with Crippen molar-refractivity contribution in [1.82, 2.24) is 14.5 Å². The zero-order chi connectivity index (χ0) is 26.1. The summed E-state index contributed by atoms with van der Waals surface area (Å²) < 4.78 is 26.0. The average molecular weight is 534 g/mol. The van der Waals surface area contributed by atoms with Crippen molar-refractivity contribution in [1.29, 1.82) is 0 Å². The maximum absolute atomic E-state index is 13.6. The fourth-order valence-corrected chi connectivity index (χ4v) is 5.86. The molecule has 5 heterocycles. The van der Waals surface area contributed by atoms with Crippen LogP contribution in [0.5, 0.6) is 0 Å². The fraction of sp³-hybridized carbons (Fsp3) is 0.321. The molecule has 0 aliphatic carbocycles.